The molecule has 0 spiro atoms. The molecule has 1 atom stereocenters. The Kier molecular flexibility index (Phi) is 2.46. The van der Waals surface area contributed by atoms with Gasteiger partial charge in [0.2, 0.25) is 0 Å². The van der Waals surface area contributed by atoms with Gasteiger partial charge >= 0.3 is 6.18 Å². The lowest BCUT2D eigenvalue weighted by Gasteiger charge is -2.10. The Morgan fingerprint density at radius 3 is 2.80 bits per heavy atom. The fraction of sp³-hybridized carbons (Fsp3) is 0.667. The highest BCUT2D eigenvalue weighted by molar-refractivity contribution is 5.25. The summed E-state index contributed by atoms with van der Waals surface area (Å²) in [5.41, 5.74) is -0.422. The van der Waals surface area contributed by atoms with Gasteiger partial charge in [-0.15, -0.1) is 0 Å². The molecule has 6 heteroatoms. The average molecular weight is 219 g/mol. The number of hydrogen-bond donors (Lipinski definition) is 1. The maximum atomic E-state index is 12.6. The van der Waals surface area contributed by atoms with Crippen LogP contribution in [-0.2, 0) is 13.2 Å². The zero-order valence-corrected chi connectivity index (χ0v) is 8.30. The van der Waals surface area contributed by atoms with Crippen LogP contribution in [0.5, 0.6) is 0 Å². The van der Waals surface area contributed by atoms with Gasteiger partial charge in [-0.1, -0.05) is 0 Å². The smallest absolute Gasteiger partial charge is 0.316 e. The SMILES string of the molecule is Cn1cc(C2CCNC2)c(C(F)(F)F)n1. The van der Waals surface area contributed by atoms with Crippen LogP contribution in [0.3, 0.4) is 0 Å². The Morgan fingerprint density at radius 1 is 1.53 bits per heavy atom. The minimum Gasteiger partial charge on any atom is -0.316 e. The van der Waals surface area contributed by atoms with Crippen LogP contribution < -0.4 is 5.32 Å². The molecule has 2 rings (SSSR count). The topological polar surface area (TPSA) is 29.9 Å². The van der Waals surface area contributed by atoms with E-state index in [1.165, 1.54) is 17.9 Å². The van der Waals surface area contributed by atoms with E-state index in [-0.39, 0.29) is 5.92 Å². The van der Waals surface area contributed by atoms with Crippen molar-refractivity contribution in [1.82, 2.24) is 15.1 Å². The van der Waals surface area contributed by atoms with Crippen LogP contribution in [0.2, 0.25) is 0 Å². The molecule has 1 aliphatic heterocycles. The first-order valence-corrected chi connectivity index (χ1v) is 4.80. The molecular weight excluding hydrogens is 207 g/mol. The van der Waals surface area contributed by atoms with E-state index in [0.29, 0.717) is 12.1 Å². The van der Waals surface area contributed by atoms with Crippen molar-refractivity contribution < 1.29 is 13.2 Å². The third-order valence-corrected chi connectivity index (χ3v) is 2.63. The quantitative estimate of drug-likeness (QED) is 0.776. The van der Waals surface area contributed by atoms with Crippen LogP contribution in [0.4, 0.5) is 13.2 Å². The highest BCUT2D eigenvalue weighted by Crippen LogP contribution is 2.35. The van der Waals surface area contributed by atoms with Crippen LogP contribution in [0.15, 0.2) is 6.20 Å². The molecule has 1 aromatic rings. The van der Waals surface area contributed by atoms with Gasteiger partial charge in [-0.3, -0.25) is 4.68 Å². The first-order chi connectivity index (χ1) is 6.98. The van der Waals surface area contributed by atoms with E-state index in [4.69, 9.17) is 0 Å². The van der Waals surface area contributed by atoms with Gasteiger partial charge < -0.3 is 5.32 Å². The van der Waals surface area contributed by atoms with Gasteiger partial charge in [-0.05, 0) is 13.0 Å². The first-order valence-electron chi connectivity index (χ1n) is 4.80. The molecule has 0 radical (unpaired) electrons. The van der Waals surface area contributed by atoms with Crippen molar-refractivity contribution in [2.45, 2.75) is 18.5 Å². The number of nitrogens with one attached hydrogen (secondary N) is 1. The maximum Gasteiger partial charge on any atom is 0.435 e. The molecule has 84 valence electrons. The number of aryl methyl sites for hydroxylation is 1. The van der Waals surface area contributed by atoms with Crippen molar-refractivity contribution in [3.05, 3.63) is 17.5 Å². The molecule has 1 aromatic heterocycles. The molecule has 1 unspecified atom stereocenters. The Hall–Kier alpha value is -1.04. The highest BCUT2D eigenvalue weighted by Gasteiger charge is 2.39. The summed E-state index contributed by atoms with van der Waals surface area (Å²) in [7, 11) is 1.52. The second kappa shape index (κ2) is 3.52. The van der Waals surface area contributed by atoms with E-state index in [9.17, 15) is 13.2 Å². The maximum absolute atomic E-state index is 12.6. The van der Waals surface area contributed by atoms with Crippen LogP contribution >= 0.6 is 0 Å². The Bertz CT molecular complexity index is 350. The Morgan fingerprint density at radius 2 is 2.27 bits per heavy atom. The predicted molar refractivity (Wildman–Crippen MR) is 48.4 cm³/mol. The normalized spacial score (nSPS) is 22.3. The van der Waals surface area contributed by atoms with Gasteiger partial charge in [-0.2, -0.15) is 18.3 Å². The monoisotopic (exact) mass is 219 g/mol. The summed E-state index contributed by atoms with van der Waals surface area (Å²) in [6, 6.07) is 0. The average Bonchev–Trinajstić information content (AvgIpc) is 2.68. The van der Waals surface area contributed by atoms with Gasteiger partial charge in [-0.25, -0.2) is 0 Å². The number of aromatic nitrogens is 2. The minimum absolute atomic E-state index is 0.0599. The van der Waals surface area contributed by atoms with Crippen LogP contribution in [-0.4, -0.2) is 22.9 Å². The molecule has 0 amide bonds. The van der Waals surface area contributed by atoms with Gasteiger partial charge in [0.25, 0.3) is 0 Å². The molecule has 0 aliphatic carbocycles. The summed E-state index contributed by atoms with van der Waals surface area (Å²) in [6.45, 7) is 1.38. The molecule has 2 heterocycles. The van der Waals surface area contributed by atoms with Gasteiger partial charge in [0.1, 0.15) is 0 Å². The number of alkyl halides is 3. The zero-order chi connectivity index (χ0) is 11.1. The number of nitrogens with zero attached hydrogens (tertiary/aromatic N) is 2. The van der Waals surface area contributed by atoms with Crippen molar-refractivity contribution in [2.24, 2.45) is 7.05 Å². The van der Waals surface area contributed by atoms with E-state index >= 15 is 0 Å². The first kappa shape index (κ1) is 10.5. The van der Waals surface area contributed by atoms with E-state index in [0.717, 1.165) is 13.0 Å². The number of halogens is 3. The predicted octanol–water partition coefficient (Wildman–Crippen LogP) is 1.52. The third-order valence-electron chi connectivity index (χ3n) is 2.63. The van der Waals surface area contributed by atoms with Crippen molar-refractivity contribution in [3.8, 4) is 0 Å². The van der Waals surface area contributed by atoms with Crippen LogP contribution in [0.25, 0.3) is 0 Å². The molecule has 1 N–H and O–H groups in total. The molecule has 15 heavy (non-hydrogen) atoms. The van der Waals surface area contributed by atoms with Crippen molar-refractivity contribution in [3.63, 3.8) is 0 Å². The molecule has 1 saturated heterocycles. The standard InChI is InChI=1S/C9H12F3N3/c1-15-5-7(6-2-3-13-4-6)8(14-15)9(10,11)12/h5-6,13H,2-4H2,1H3. The zero-order valence-electron chi connectivity index (χ0n) is 8.30. The minimum atomic E-state index is -4.35. The van der Waals surface area contributed by atoms with Crippen molar-refractivity contribution in [2.75, 3.05) is 13.1 Å². The molecule has 1 aliphatic rings. The van der Waals surface area contributed by atoms with E-state index in [2.05, 4.69) is 10.4 Å². The van der Waals surface area contributed by atoms with Crippen molar-refractivity contribution >= 4 is 0 Å². The summed E-state index contributed by atoms with van der Waals surface area (Å²) in [5, 5.41) is 6.54. The second-order valence-electron chi connectivity index (χ2n) is 3.79. The summed E-state index contributed by atoms with van der Waals surface area (Å²) < 4.78 is 39.1. The van der Waals surface area contributed by atoms with E-state index in [1.54, 1.807) is 0 Å². The summed E-state index contributed by atoms with van der Waals surface area (Å²) in [5.74, 6) is -0.0599. The summed E-state index contributed by atoms with van der Waals surface area (Å²) in [4.78, 5) is 0. The molecule has 0 bridgehead atoms. The molecular formula is C9H12F3N3. The van der Waals surface area contributed by atoms with Gasteiger partial charge in [0, 0.05) is 31.3 Å². The van der Waals surface area contributed by atoms with Crippen molar-refractivity contribution in [1.29, 1.82) is 0 Å². The summed E-state index contributed by atoms with van der Waals surface area (Å²) >= 11 is 0. The van der Waals surface area contributed by atoms with E-state index < -0.39 is 11.9 Å². The van der Waals surface area contributed by atoms with Crippen LogP contribution in [0, 0.1) is 0 Å². The molecule has 0 aromatic carbocycles. The fourth-order valence-corrected chi connectivity index (χ4v) is 1.95. The van der Waals surface area contributed by atoms with Gasteiger partial charge in [0.15, 0.2) is 5.69 Å². The lowest BCUT2D eigenvalue weighted by molar-refractivity contribution is -0.142. The number of hydrogen-bond acceptors (Lipinski definition) is 2. The highest BCUT2D eigenvalue weighted by atomic mass is 19.4. The lowest BCUT2D eigenvalue weighted by Crippen LogP contribution is -2.13. The molecule has 1 fully saturated rings. The second-order valence-corrected chi connectivity index (χ2v) is 3.79. The number of rotatable bonds is 1. The van der Waals surface area contributed by atoms with Crippen LogP contribution in [0.1, 0.15) is 23.6 Å². The Balaban J connectivity index is 2.37. The lowest BCUT2D eigenvalue weighted by atomic mass is 9.99. The fourth-order valence-electron chi connectivity index (χ4n) is 1.95. The largest absolute Gasteiger partial charge is 0.435 e. The third kappa shape index (κ3) is 1.99. The Labute approximate surface area is 85.3 Å². The molecule has 3 nitrogen and oxygen atoms in total. The van der Waals surface area contributed by atoms with E-state index in [1.807, 2.05) is 0 Å². The van der Waals surface area contributed by atoms with Gasteiger partial charge in [0.05, 0.1) is 0 Å². The molecule has 0 saturated carbocycles. The summed E-state index contributed by atoms with van der Waals surface area (Å²) in [6.07, 6.45) is -2.13.